The van der Waals surface area contributed by atoms with Crippen molar-refractivity contribution in [2.45, 2.75) is 17.7 Å². The molecule has 0 radical (unpaired) electrons. The molecule has 1 aromatic heterocycles. The quantitative estimate of drug-likeness (QED) is 0.606. The third-order valence-corrected chi connectivity index (χ3v) is 7.78. The van der Waals surface area contributed by atoms with Gasteiger partial charge in [0.2, 0.25) is 15.9 Å². The van der Waals surface area contributed by atoms with Crippen LogP contribution in [-0.4, -0.2) is 31.7 Å². The monoisotopic (exact) mass is 450 g/mol. The van der Waals surface area contributed by atoms with Crippen LogP contribution < -0.4 is 5.32 Å². The Morgan fingerprint density at radius 1 is 1.03 bits per heavy atom. The smallest absolute Gasteiger partial charge is 0.243 e. The van der Waals surface area contributed by atoms with Gasteiger partial charge in [0, 0.05) is 24.3 Å². The van der Waals surface area contributed by atoms with Crippen molar-refractivity contribution in [3.05, 3.63) is 82.6 Å². The van der Waals surface area contributed by atoms with E-state index in [2.05, 4.69) is 17.2 Å². The summed E-state index contributed by atoms with van der Waals surface area (Å²) in [6, 6.07) is 19.7. The zero-order chi connectivity index (χ0) is 21.7. The number of sulfonamides is 1. The molecule has 4 rings (SSSR count). The molecule has 7 heteroatoms. The first kappa shape index (κ1) is 21.3. The van der Waals surface area contributed by atoms with Gasteiger partial charge in [-0.15, -0.1) is 11.3 Å². The zero-order valence-electron chi connectivity index (χ0n) is 16.8. The fourth-order valence-corrected chi connectivity index (χ4v) is 5.63. The Bertz CT molecular complexity index is 1210. The lowest BCUT2D eigenvalue weighted by atomic mass is 9.98. The van der Waals surface area contributed by atoms with E-state index in [-0.39, 0.29) is 17.3 Å². The second-order valence-electron chi connectivity index (χ2n) is 7.31. The van der Waals surface area contributed by atoms with Gasteiger partial charge in [0.1, 0.15) is 0 Å². The van der Waals surface area contributed by atoms with Gasteiger partial charge in [0.05, 0.1) is 15.7 Å². The standard InChI is InChI=1S/C24H22N2O3S2/c27-24(25-21-9-4-7-19(17-21)13-14-22-10-6-16-30-22)20-8-5-15-26(18-20)31(28,29)23-11-2-1-3-12-23/h1-4,6-7,9-12,16-17,20H,5,8,15,18H2,(H,25,27). The van der Waals surface area contributed by atoms with Crippen LogP contribution in [0, 0.1) is 17.8 Å². The number of carbonyl (C=O) groups is 1. The molecule has 1 saturated heterocycles. The Labute approximate surface area is 186 Å². The lowest BCUT2D eigenvalue weighted by Gasteiger charge is -2.31. The van der Waals surface area contributed by atoms with E-state index in [0.29, 0.717) is 25.1 Å². The van der Waals surface area contributed by atoms with Gasteiger partial charge in [-0.3, -0.25) is 4.79 Å². The molecule has 2 heterocycles. The zero-order valence-corrected chi connectivity index (χ0v) is 18.5. The highest BCUT2D eigenvalue weighted by atomic mass is 32.2. The third-order valence-electron chi connectivity index (χ3n) is 5.12. The number of thiophene rings is 1. The van der Waals surface area contributed by atoms with Gasteiger partial charge >= 0.3 is 0 Å². The molecule has 1 amide bonds. The van der Waals surface area contributed by atoms with Crippen LogP contribution >= 0.6 is 11.3 Å². The fraction of sp³-hybridized carbons (Fsp3) is 0.208. The number of amides is 1. The molecule has 5 nitrogen and oxygen atoms in total. The van der Waals surface area contributed by atoms with Crippen molar-refractivity contribution in [2.75, 3.05) is 18.4 Å². The van der Waals surface area contributed by atoms with Gasteiger partial charge in [-0.25, -0.2) is 8.42 Å². The normalized spacial score (nSPS) is 16.8. The van der Waals surface area contributed by atoms with Crippen LogP contribution in [0.1, 0.15) is 23.3 Å². The first-order chi connectivity index (χ1) is 15.0. The summed E-state index contributed by atoms with van der Waals surface area (Å²) in [5, 5.41) is 4.91. The first-order valence-corrected chi connectivity index (χ1v) is 12.4. The number of anilines is 1. The highest BCUT2D eigenvalue weighted by Gasteiger charge is 2.33. The molecule has 1 aliphatic rings. The predicted octanol–water partition coefficient (Wildman–Crippen LogP) is 4.19. The van der Waals surface area contributed by atoms with Crippen LogP contribution in [0.4, 0.5) is 5.69 Å². The molecule has 0 aliphatic carbocycles. The summed E-state index contributed by atoms with van der Waals surface area (Å²) in [7, 11) is -3.60. The highest BCUT2D eigenvalue weighted by molar-refractivity contribution is 7.89. The van der Waals surface area contributed by atoms with Crippen molar-refractivity contribution in [1.29, 1.82) is 0 Å². The second-order valence-corrected chi connectivity index (χ2v) is 10.2. The minimum atomic E-state index is -3.60. The van der Waals surface area contributed by atoms with Crippen LogP contribution in [0.15, 0.2) is 77.0 Å². The Balaban J connectivity index is 1.43. The third kappa shape index (κ3) is 5.23. The van der Waals surface area contributed by atoms with Crippen molar-refractivity contribution in [3.8, 4) is 11.8 Å². The molecule has 0 spiro atoms. The Kier molecular flexibility index (Phi) is 6.52. The topological polar surface area (TPSA) is 66.5 Å². The molecule has 1 fully saturated rings. The van der Waals surface area contributed by atoms with E-state index in [0.717, 1.165) is 10.4 Å². The molecule has 3 aromatic rings. The summed E-state index contributed by atoms with van der Waals surface area (Å²) in [5.74, 6) is 5.65. The number of hydrogen-bond donors (Lipinski definition) is 1. The molecule has 1 unspecified atom stereocenters. The molecule has 1 atom stereocenters. The maximum absolute atomic E-state index is 12.9. The Morgan fingerprint density at radius 2 is 1.87 bits per heavy atom. The van der Waals surface area contributed by atoms with E-state index in [4.69, 9.17) is 0 Å². The summed E-state index contributed by atoms with van der Waals surface area (Å²) in [6.45, 7) is 0.607. The van der Waals surface area contributed by atoms with Crippen molar-refractivity contribution < 1.29 is 13.2 Å². The van der Waals surface area contributed by atoms with E-state index >= 15 is 0 Å². The van der Waals surface area contributed by atoms with E-state index in [1.165, 1.54) is 4.31 Å². The van der Waals surface area contributed by atoms with Crippen molar-refractivity contribution >= 4 is 33.0 Å². The van der Waals surface area contributed by atoms with E-state index < -0.39 is 15.9 Å². The second kappa shape index (κ2) is 9.48. The summed E-state index contributed by atoms with van der Waals surface area (Å²) < 4.78 is 27.2. The minimum absolute atomic E-state index is 0.170. The highest BCUT2D eigenvalue weighted by Crippen LogP contribution is 2.25. The summed E-state index contributed by atoms with van der Waals surface area (Å²) in [4.78, 5) is 14.1. The van der Waals surface area contributed by atoms with Gasteiger partial charge in [-0.2, -0.15) is 4.31 Å². The summed E-state index contributed by atoms with van der Waals surface area (Å²) in [6.07, 6.45) is 1.31. The van der Waals surface area contributed by atoms with Crippen molar-refractivity contribution in [1.82, 2.24) is 4.31 Å². The van der Waals surface area contributed by atoms with Gasteiger partial charge in [0.15, 0.2) is 0 Å². The summed E-state index contributed by atoms with van der Waals surface area (Å²) in [5.41, 5.74) is 1.47. The minimum Gasteiger partial charge on any atom is -0.326 e. The SMILES string of the molecule is O=C(Nc1cccc(C#Cc2cccs2)c1)C1CCCN(S(=O)(=O)c2ccccc2)C1. The van der Waals surface area contributed by atoms with Gasteiger partial charge in [0.25, 0.3) is 0 Å². The van der Waals surface area contributed by atoms with Crippen molar-refractivity contribution in [2.24, 2.45) is 5.92 Å². The average Bonchev–Trinajstić information content (AvgIpc) is 3.32. The van der Waals surface area contributed by atoms with Gasteiger partial charge in [-0.05, 0) is 54.6 Å². The fourth-order valence-electron chi connectivity index (χ4n) is 3.52. The molecular weight excluding hydrogens is 428 g/mol. The predicted molar refractivity (Wildman–Crippen MR) is 123 cm³/mol. The van der Waals surface area contributed by atoms with Crippen LogP contribution in [0.2, 0.25) is 0 Å². The van der Waals surface area contributed by atoms with Gasteiger partial charge < -0.3 is 5.32 Å². The molecule has 31 heavy (non-hydrogen) atoms. The molecular formula is C24H22N2O3S2. The number of hydrogen-bond acceptors (Lipinski definition) is 4. The van der Waals surface area contributed by atoms with Crippen LogP contribution in [-0.2, 0) is 14.8 Å². The lowest BCUT2D eigenvalue weighted by molar-refractivity contribution is -0.120. The first-order valence-electron chi connectivity index (χ1n) is 10.0. The summed E-state index contributed by atoms with van der Waals surface area (Å²) >= 11 is 1.58. The molecule has 0 bridgehead atoms. The number of rotatable bonds is 4. The Hall–Kier alpha value is -2.92. The number of piperidine rings is 1. The van der Waals surface area contributed by atoms with Crippen LogP contribution in [0.5, 0.6) is 0 Å². The maximum Gasteiger partial charge on any atom is 0.243 e. The van der Waals surface area contributed by atoms with Gasteiger partial charge in [-0.1, -0.05) is 42.2 Å². The van der Waals surface area contributed by atoms with Crippen molar-refractivity contribution in [3.63, 3.8) is 0 Å². The van der Waals surface area contributed by atoms with Crippen LogP contribution in [0.25, 0.3) is 0 Å². The molecule has 1 aliphatic heterocycles. The molecule has 158 valence electrons. The Morgan fingerprint density at radius 3 is 2.65 bits per heavy atom. The molecule has 2 aromatic carbocycles. The van der Waals surface area contributed by atoms with E-state index in [1.54, 1.807) is 41.7 Å². The van der Waals surface area contributed by atoms with Crippen LogP contribution in [0.3, 0.4) is 0 Å². The number of nitrogens with zero attached hydrogens (tertiary/aromatic N) is 1. The molecule has 0 saturated carbocycles. The number of carbonyl (C=O) groups excluding carboxylic acids is 1. The largest absolute Gasteiger partial charge is 0.326 e. The molecule has 1 N–H and O–H groups in total. The van der Waals surface area contributed by atoms with E-state index in [9.17, 15) is 13.2 Å². The number of benzene rings is 2. The lowest BCUT2D eigenvalue weighted by Crippen LogP contribution is -2.43. The average molecular weight is 451 g/mol. The van der Waals surface area contributed by atoms with E-state index in [1.807, 2.05) is 41.8 Å². The number of nitrogens with one attached hydrogen (secondary N) is 1. The maximum atomic E-state index is 12.9.